The lowest BCUT2D eigenvalue weighted by Gasteiger charge is -2.19. The molecule has 1 atom stereocenters. The van der Waals surface area contributed by atoms with Gasteiger partial charge < -0.3 is 14.8 Å². The monoisotopic (exact) mass is 273 g/mol. The van der Waals surface area contributed by atoms with Crippen LogP contribution in [0.5, 0.6) is 0 Å². The molecule has 0 radical (unpaired) electrons. The van der Waals surface area contributed by atoms with Gasteiger partial charge in [0.1, 0.15) is 6.04 Å². The first-order chi connectivity index (χ1) is 9.01. The zero-order valence-electron chi connectivity index (χ0n) is 12.5. The predicted molar refractivity (Wildman–Crippen MR) is 73.9 cm³/mol. The molecule has 0 aliphatic carbocycles. The minimum atomic E-state index is -0.624. The Kier molecular flexibility index (Phi) is 9.94. The number of hydrogen-bond donors (Lipinski definition) is 1. The normalized spacial score (nSPS) is 12.1. The fourth-order valence-corrected chi connectivity index (χ4v) is 1.48. The molecule has 1 amide bonds. The van der Waals surface area contributed by atoms with Gasteiger partial charge in [0.25, 0.3) is 0 Å². The molecule has 1 unspecified atom stereocenters. The summed E-state index contributed by atoms with van der Waals surface area (Å²) in [6.07, 6.45) is 2.54. The van der Waals surface area contributed by atoms with E-state index in [0.717, 1.165) is 19.3 Å². The lowest BCUT2D eigenvalue weighted by atomic mass is 10.0. The van der Waals surface area contributed by atoms with Gasteiger partial charge in [-0.3, -0.25) is 0 Å². The fourth-order valence-electron chi connectivity index (χ4n) is 1.48. The molecule has 0 rings (SSSR count). The van der Waals surface area contributed by atoms with Crippen molar-refractivity contribution in [3.05, 3.63) is 0 Å². The summed E-state index contributed by atoms with van der Waals surface area (Å²) in [5.41, 5.74) is 0. The molecule has 0 aromatic heterocycles. The van der Waals surface area contributed by atoms with Gasteiger partial charge in [0.05, 0.1) is 13.2 Å². The molecule has 5 heteroatoms. The summed E-state index contributed by atoms with van der Waals surface area (Å²) in [7, 11) is 0. The molecule has 0 aliphatic rings. The predicted octanol–water partition coefficient (Wildman–Crippen LogP) is 2.88. The Morgan fingerprint density at radius 3 is 2.26 bits per heavy atom. The Labute approximate surface area is 116 Å². The topological polar surface area (TPSA) is 64.6 Å². The van der Waals surface area contributed by atoms with Crippen molar-refractivity contribution >= 4 is 12.1 Å². The van der Waals surface area contributed by atoms with E-state index in [-0.39, 0.29) is 11.9 Å². The zero-order chi connectivity index (χ0) is 14.7. The van der Waals surface area contributed by atoms with Crippen molar-refractivity contribution in [1.29, 1.82) is 0 Å². The summed E-state index contributed by atoms with van der Waals surface area (Å²) in [4.78, 5) is 23.4. The molecule has 5 nitrogen and oxygen atoms in total. The molecule has 0 aliphatic heterocycles. The number of unbranched alkanes of at least 4 members (excludes halogenated alkanes) is 1. The summed E-state index contributed by atoms with van der Waals surface area (Å²) < 4.78 is 10.1. The molecular weight excluding hydrogens is 246 g/mol. The Morgan fingerprint density at radius 2 is 1.74 bits per heavy atom. The molecule has 0 aromatic carbocycles. The maximum absolute atomic E-state index is 11.8. The second-order valence-corrected chi connectivity index (χ2v) is 4.98. The first kappa shape index (κ1) is 17.7. The van der Waals surface area contributed by atoms with E-state index in [1.54, 1.807) is 0 Å². The highest BCUT2D eigenvalue weighted by atomic mass is 16.6. The van der Waals surface area contributed by atoms with E-state index < -0.39 is 12.1 Å². The van der Waals surface area contributed by atoms with Crippen LogP contribution in [0.25, 0.3) is 0 Å². The van der Waals surface area contributed by atoms with E-state index in [1.807, 2.05) is 27.7 Å². The highest BCUT2D eigenvalue weighted by molar-refractivity contribution is 5.81. The van der Waals surface area contributed by atoms with Crippen molar-refractivity contribution < 1.29 is 19.1 Å². The van der Waals surface area contributed by atoms with E-state index >= 15 is 0 Å². The number of nitrogens with one attached hydrogen (secondary N) is 1. The van der Waals surface area contributed by atoms with E-state index in [1.165, 1.54) is 0 Å². The van der Waals surface area contributed by atoms with Gasteiger partial charge >= 0.3 is 12.1 Å². The van der Waals surface area contributed by atoms with Crippen LogP contribution < -0.4 is 5.32 Å². The largest absolute Gasteiger partial charge is 0.464 e. The SMILES string of the molecule is CCCCOC(=O)NC(CC(C)C)C(=O)OCCC. The minimum absolute atomic E-state index is 0.287. The van der Waals surface area contributed by atoms with Crippen molar-refractivity contribution in [2.75, 3.05) is 13.2 Å². The van der Waals surface area contributed by atoms with E-state index in [2.05, 4.69) is 5.32 Å². The average Bonchev–Trinajstić information content (AvgIpc) is 2.35. The van der Waals surface area contributed by atoms with Gasteiger partial charge in [0.2, 0.25) is 0 Å². The van der Waals surface area contributed by atoms with Crippen LogP contribution >= 0.6 is 0 Å². The Bertz CT molecular complexity index is 266. The van der Waals surface area contributed by atoms with Crippen LogP contribution in [0.2, 0.25) is 0 Å². The first-order valence-corrected chi connectivity index (χ1v) is 7.11. The minimum Gasteiger partial charge on any atom is -0.464 e. The van der Waals surface area contributed by atoms with E-state index in [0.29, 0.717) is 19.6 Å². The molecule has 1 N–H and O–H groups in total. The number of rotatable bonds is 9. The van der Waals surface area contributed by atoms with Crippen LogP contribution in [-0.4, -0.2) is 31.3 Å². The standard InChI is InChI=1S/C14H27NO4/c1-5-7-9-19-14(17)15-12(10-11(3)4)13(16)18-8-6-2/h11-12H,5-10H2,1-4H3,(H,15,17). The van der Waals surface area contributed by atoms with Gasteiger partial charge in [-0.2, -0.15) is 0 Å². The molecule has 0 spiro atoms. The summed E-state index contributed by atoms with van der Waals surface area (Å²) in [5, 5.41) is 2.58. The molecule has 0 heterocycles. The van der Waals surface area contributed by atoms with Crippen LogP contribution in [0.15, 0.2) is 0 Å². The number of esters is 1. The second kappa shape index (κ2) is 10.6. The van der Waals surface area contributed by atoms with Crippen LogP contribution in [0.4, 0.5) is 4.79 Å². The molecule has 0 fully saturated rings. The van der Waals surface area contributed by atoms with Gasteiger partial charge in [-0.05, 0) is 25.2 Å². The maximum atomic E-state index is 11.8. The van der Waals surface area contributed by atoms with Gasteiger partial charge in [0.15, 0.2) is 0 Å². The van der Waals surface area contributed by atoms with E-state index in [4.69, 9.17) is 9.47 Å². The van der Waals surface area contributed by atoms with Crippen molar-refractivity contribution in [2.45, 2.75) is 59.4 Å². The van der Waals surface area contributed by atoms with Gasteiger partial charge in [-0.15, -0.1) is 0 Å². The third-order valence-electron chi connectivity index (χ3n) is 2.46. The van der Waals surface area contributed by atoms with Crippen molar-refractivity contribution in [2.24, 2.45) is 5.92 Å². The molecule has 0 aromatic rings. The van der Waals surface area contributed by atoms with E-state index in [9.17, 15) is 9.59 Å². The quantitative estimate of drug-likeness (QED) is 0.518. The number of hydrogen-bond acceptors (Lipinski definition) is 4. The fraction of sp³-hybridized carbons (Fsp3) is 0.857. The summed E-state index contributed by atoms with van der Waals surface area (Å²) >= 11 is 0. The molecule has 0 saturated carbocycles. The second-order valence-electron chi connectivity index (χ2n) is 4.98. The lowest BCUT2D eigenvalue weighted by molar-refractivity contribution is -0.146. The number of alkyl carbamates (subject to hydrolysis) is 1. The molecule has 0 bridgehead atoms. The molecule has 19 heavy (non-hydrogen) atoms. The van der Waals surface area contributed by atoms with Crippen LogP contribution in [0.1, 0.15) is 53.4 Å². The van der Waals surface area contributed by atoms with Crippen LogP contribution in [0.3, 0.4) is 0 Å². The Morgan fingerprint density at radius 1 is 1.05 bits per heavy atom. The first-order valence-electron chi connectivity index (χ1n) is 7.11. The number of amides is 1. The molecule has 0 saturated heterocycles. The van der Waals surface area contributed by atoms with Crippen molar-refractivity contribution in [3.8, 4) is 0 Å². The maximum Gasteiger partial charge on any atom is 0.407 e. The number of carbonyl (C=O) groups excluding carboxylic acids is 2. The zero-order valence-corrected chi connectivity index (χ0v) is 12.5. The third kappa shape index (κ3) is 9.33. The van der Waals surface area contributed by atoms with Gasteiger partial charge in [-0.25, -0.2) is 9.59 Å². The smallest absolute Gasteiger partial charge is 0.407 e. The molecule has 112 valence electrons. The highest BCUT2D eigenvalue weighted by Crippen LogP contribution is 2.07. The number of carbonyl (C=O) groups is 2. The van der Waals surface area contributed by atoms with Crippen LogP contribution in [0, 0.1) is 5.92 Å². The molecular formula is C14H27NO4. The van der Waals surface area contributed by atoms with Crippen molar-refractivity contribution in [1.82, 2.24) is 5.32 Å². The Balaban J connectivity index is 4.25. The Hall–Kier alpha value is -1.26. The van der Waals surface area contributed by atoms with Crippen LogP contribution in [-0.2, 0) is 14.3 Å². The van der Waals surface area contributed by atoms with Gasteiger partial charge in [-0.1, -0.05) is 34.1 Å². The summed E-state index contributed by atoms with van der Waals surface area (Å²) in [6, 6.07) is -0.624. The summed E-state index contributed by atoms with van der Waals surface area (Å²) in [6.45, 7) is 8.68. The highest BCUT2D eigenvalue weighted by Gasteiger charge is 2.23. The summed E-state index contributed by atoms with van der Waals surface area (Å²) in [5.74, 6) is -0.0990. The number of ether oxygens (including phenoxy) is 2. The lowest BCUT2D eigenvalue weighted by Crippen LogP contribution is -2.43. The van der Waals surface area contributed by atoms with Gasteiger partial charge in [0, 0.05) is 0 Å². The average molecular weight is 273 g/mol. The van der Waals surface area contributed by atoms with Crippen molar-refractivity contribution in [3.63, 3.8) is 0 Å². The third-order valence-corrected chi connectivity index (χ3v) is 2.46.